The fraction of sp³-hybridized carbons (Fsp3) is 0.630. The van der Waals surface area contributed by atoms with Crippen LogP contribution >= 0.6 is 15.9 Å². The first-order chi connectivity index (χ1) is 15.9. The maximum absolute atomic E-state index is 13.4. The molecule has 6 rings (SSSR count). The minimum atomic E-state index is -1.10. The van der Waals surface area contributed by atoms with E-state index in [0.717, 1.165) is 48.6 Å². The molecular weight excluding hydrogens is 484 g/mol. The number of rotatable bonds is 3. The molecule has 0 amide bonds. The van der Waals surface area contributed by atoms with E-state index >= 15 is 0 Å². The van der Waals surface area contributed by atoms with E-state index in [1.165, 1.54) is 5.57 Å². The molecule has 1 aromatic carbocycles. The van der Waals surface area contributed by atoms with Crippen LogP contribution < -0.4 is 0 Å². The molecule has 176 valence electrons. The van der Waals surface area contributed by atoms with E-state index in [4.69, 9.17) is 9.47 Å². The van der Waals surface area contributed by atoms with Crippen molar-refractivity contribution in [3.8, 4) is 0 Å². The number of ketones is 2. The zero-order chi connectivity index (χ0) is 23.0. The van der Waals surface area contributed by atoms with E-state index in [0.29, 0.717) is 30.1 Å². The fourth-order valence-corrected chi connectivity index (χ4v) is 8.58. The molecule has 0 radical (unpaired) electrons. The lowest BCUT2D eigenvalue weighted by Crippen LogP contribution is -2.59. The summed E-state index contributed by atoms with van der Waals surface area (Å²) in [5.74, 6) is 1.94. The minimum Gasteiger partial charge on any atom is -0.388 e. The predicted octanol–water partition coefficient (Wildman–Crippen LogP) is 4.92. The number of aliphatic hydroxyl groups is 1. The number of fused-ring (bicyclic) bond motifs is 7. The number of aliphatic hydroxyl groups excluding tert-OH is 1. The SMILES string of the molecule is C[C@]12CC[C@H]3[C@@H](CCC4=CC(=O)CC[C@@H]43)[C@@H]1C[C@H]1O[C@H](c3ccc(Br)cc3)O[C@]12C(=O)CO. The summed E-state index contributed by atoms with van der Waals surface area (Å²) in [6.45, 7) is 1.69. The van der Waals surface area contributed by atoms with Crippen molar-refractivity contribution in [2.24, 2.45) is 29.1 Å². The summed E-state index contributed by atoms with van der Waals surface area (Å²) in [5, 5.41) is 10.0. The van der Waals surface area contributed by atoms with E-state index in [1.54, 1.807) is 0 Å². The fourth-order valence-electron chi connectivity index (χ4n) is 8.32. The molecule has 1 aromatic rings. The van der Waals surface area contributed by atoms with Crippen LogP contribution in [0.4, 0.5) is 0 Å². The third-order valence-corrected chi connectivity index (χ3v) is 10.3. The number of benzene rings is 1. The first-order valence-electron chi connectivity index (χ1n) is 12.3. The highest BCUT2D eigenvalue weighted by Gasteiger charge is 2.74. The molecule has 4 fully saturated rings. The summed E-state index contributed by atoms with van der Waals surface area (Å²) < 4.78 is 14.1. The minimum absolute atomic E-state index is 0.241. The van der Waals surface area contributed by atoms with Gasteiger partial charge in [0, 0.05) is 21.9 Å². The summed E-state index contributed by atoms with van der Waals surface area (Å²) in [6, 6.07) is 7.83. The van der Waals surface area contributed by atoms with Crippen LogP contribution in [0, 0.1) is 29.1 Å². The Morgan fingerprint density at radius 1 is 1.15 bits per heavy atom. The quantitative estimate of drug-likeness (QED) is 0.619. The van der Waals surface area contributed by atoms with Crippen LogP contribution in [0.3, 0.4) is 0 Å². The standard InChI is InChI=1S/C27H31BrO5/c1-26-11-10-20-19-9-7-18(30)12-16(19)4-8-21(20)22(26)13-24-27(26,23(31)14-29)33-25(32-24)15-2-5-17(28)6-3-15/h2-3,5-6,12,19-22,24-25,29H,4,7-11,13-14H2,1H3/t19-,20+,21+,22-,24+,25-,26-,27+/m0/s1. The maximum atomic E-state index is 13.4. The van der Waals surface area contributed by atoms with Gasteiger partial charge in [-0.15, -0.1) is 0 Å². The zero-order valence-electron chi connectivity index (χ0n) is 19.0. The van der Waals surface area contributed by atoms with Crippen molar-refractivity contribution >= 4 is 27.5 Å². The molecule has 1 heterocycles. The molecule has 0 unspecified atom stereocenters. The van der Waals surface area contributed by atoms with Crippen molar-refractivity contribution < 1.29 is 24.2 Å². The topological polar surface area (TPSA) is 72.8 Å². The number of allylic oxidation sites excluding steroid dienone is 1. The van der Waals surface area contributed by atoms with Gasteiger partial charge in [-0.2, -0.15) is 0 Å². The molecule has 5 nitrogen and oxygen atoms in total. The van der Waals surface area contributed by atoms with E-state index < -0.39 is 18.5 Å². The average Bonchev–Trinajstić information content (AvgIpc) is 3.31. The van der Waals surface area contributed by atoms with Gasteiger partial charge in [-0.3, -0.25) is 9.59 Å². The van der Waals surface area contributed by atoms with E-state index in [2.05, 4.69) is 22.9 Å². The van der Waals surface area contributed by atoms with E-state index in [1.807, 2.05) is 30.3 Å². The molecule has 8 atom stereocenters. The molecule has 1 saturated heterocycles. The number of Topliss-reactive ketones (excluding diaryl/α,β-unsaturated/α-hetero) is 1. The lowest BCUT2D eigenvalue weighted by Gasteiger charge is -2.55. The first kappa shape index (κ1) is 22.1. The smallest absolute Gasteiger partial charge is 0.193 e. The lowest BCUT2D eigenvalue weighted by molar-refractivity contribution is -0.185. The van der Waals surface area contributed by atoms with Gasteiger partial charge in [0.15, 0.2) is 23.5 Å². The van der Waals surface area contributed by atoms with Crippen LogP contribution in [-0.2, 0) is 19.1 Å². The lowest BCUT2D eigenvalue weighted by atomic mass is 9.50. The first-order valence-corrected chi connectivity index (χ1v) is 13.1. The van der Waals surface area contributed by atoms with Gasteiger partial charge in [0.2, 0.25) is 0 Å². The number of ether oxygens (including phenoxy) is 2. The molecule has 5 aliphatic rings. The largest absolute Gasteiger partial charge is 0.388 e. The van der Waals surface area contributed by atoms with Crippen LogP contribution in [0.2, 0.25) is 0 Å². The van der Waals surface area contributed by atoms with Crippen molar-refractivity contribution in [3.05, 3.63) is 46.0 Å². The second kappa shape index (κ2) is 7.84. The molecule has 1 aliphatic heterocycles. The van der Waals surface area contributed by atoms with E-state index in [-0.39, 0.29) is 23.1 Å². The molecule has 6 heteroatoms. The van der Waals surface area contributed by atoms with Crippen LogP contribution in [0.15, 0.2) is 40.4 Å². The second-order valence-corrected chi connectivity index (χ2v) is 11.9. The Morgan fingerprint density at radius 2 is 1.94 bits per heavy atom. The van der Waals surface area contributed by atoms with Gasteiger partial charge in [0.05, 0.1) is 6.10 Å². The Labute approximate surface area is 203 Å². The Morgan fingerprint density at radius 3 is 2.70 bits per heavy atom. The molecule has 3 saturated carbocycles. The van der Waals surface area contributed by atoms with Gasteiger partial charge in [-0.25, -0.2) is 0 Å². The Kier molecular flexibility index (Phi) is 5.26. The van der Waals surface area contributed by atoms with E-state index in [9.17, 15) is 14.7 Å². The molecule has 1 N–H and O–H groups in total. The summed E-state index contributed by atoms with van der Waals surface area (Å²) in [4.78, 5) is 25.4. The Hall–Kier alpha value is -1.34. The Balaban J connectivity index is 1.34. The van der Waals surface area contributed by atoms with Crippen LogP contribution in [-0.4, -0.2) is 35.0 Å². The van der Waals surface area contributed by atoms with Gasteiger partial charge < -0.3 is 14.6 Å². The number of carbonyl (C=O) groups excluding carboxylic acids is 2. The highest BCUT2D eigenvalue weighted by Crippen LogP contribution is 2.69. The number of halogens is 1. The van der Waals surface area contributed by atoms with Crippen LogP contribution in [0.1, 0.15) is 63.7 Å². The van der Waals surface area contributed by atoms with Gasteiger partial charge in [-0.1, -0.05) is 40.6 Å². The normalized spacial score (nSPS) is 43.8. The van der Waals surface area contributed by atoms with Crippen molar-refractivity contribution in [1.82, 2.24) is 0 Å². The van der Waals surface area contributed by atoms with Gasteiger partial charge in [0.25, 0.3) is 0 Å². The highest BCUT2D eigenvalue weighted by atomic mass is 79.9. The van der Waals surface area contributed by atoms with Crippen molar-refractivity contribution in [1.29, 1.82) is 0 Å². The molecular formula is C27H31BrO5. The predicted molar refractivity (Wildman–Crippen MR) is 125 cm³/mol. The van der Waals surface area contributed by atoms with Gasteiger partial charge in [0.1, 0.15) is 6.61 Å². The Bertz CT molecular complexity index is 1020. The van der Waals surface area contributed by atoms with Crippen molar-refractivity contribution in [2.75, 3.05) is 6.61 Å². The van der Waals surface area contributed by atoms with Crippen LogP contribution in [0.25, 0.3) is 0 Å². The van der Waals surface area contributed by atoms with Crippen molar-refractivity contribution in [3.63, 3.8) is 0 Å². The van der Waals surface area contributed by atoms with Crippen LogP contribution in [0.5, 0.6) is 0 Å². The molecule has 33 heavy (non-hydrogen) atoms. The summed E-state index contributed by atoms with van der Waals surface area (Å²) in [6.07, 6.45) is 7.38. The van der Waals surface area contributed by atoms with Crippen molar-refractivity contribution in [2.45, 2.75) is 69.9 Å². The number of hydrogen-bond donors (Lipinski definition) is 1. The molecule has 4 aliphatic carbocycles. The summed E-state index contributed by atoms with van der Waals surface area (Å²) in [7, 11) is 0. The number of hydrogen-bond acceptors (Lipinski definition) is 5. The number of carbonyl (C=O) groups is 2. The summed E-state index contributed by atoms with van der Waals surface area (Å²) >= 11 is 3.47. The molecule has 0 bridgehead atoms. The molecule has 0 aromatic heterocycles. The average molecular weight is 515 g/mol. The zero-order valence-corrected chi connectivity index (χ0v) is 20.6. The van der Waals surface area contributed by atoms with Gasteiger partial charge >= 0.3 is 0 Å². The third-order valence-electron chi connectivity index (χ3n) is 9.74. The third kappa shape index (κ3) is 3.06. The second-order valence-electron chi connectivity index (χ2n) is 10.9. The maximum Gasteiger partial charge on any atom is 0.193 e. The monoisotopic (exact) mass is 514 g/mol. The highest BCUT2D eigenvalue weighted by molar-refractivity contribution is 9.10. The summed E-state index contributed by atoms with van der Waals surface area (Å²) in [5.41, 5.74) is 0.784. The molecule has 0 spiro atoms. The van der Waals surface area contributed by atoms with Gasteiger partial charge in [-0.05, 0) is 80.4 Å².